The molecule has 4 heteroatoms. The van der Waals surface area contributed by atoms with Crippen LogP contribution < -0.4 is 10.6 Å². The Morgan fingerprint density at radius 1 is 1.53 bits per heavy atom. The van der Waals surface area contributed by atoms with E-state index in [-0.39, 0.29) is 11.9 Å². The monoisotopic (exact) mass is 236 g/mol. The molecule has 0 aliphatic carbocycles. The number of hydrogen-bond acceptors (Lipinski definition) is 3. The van der Waals surface area contributed by atoms with Crippen LogP contribution in [0.1, 0.15) is 42.9 Å². The first-order chi connectivity index (χ1) is 8.06. The van der Waals surface area contributed by atoms with Gasteiger partial charge in [-0.3, -0.25) is 4.79 Å². The summed E-state index contributed by atoms with van der Waals surface area (Å²) in [5, 5.41) is 6.42. The van der Waals surface area contributed by atoms with Crippen LogP contribution in [0.15, 0.2) is 10.5 Å². The Balaban J connectivity index is 1.95. The van der Waals surface area contributed by atoms with Gasteiger partial charge in [0, 0.05) is 30.6 Å². The second-order valence-corrected chi connectivity index (χ2v) is 4.80. The molecule has 1 aromatic rings. The lowest BCUT2D eigenvalue weighted by molar-refractivity contribution is -0.122. The summed E-state index contributed by atoms with van der Waals surface area (Å²) in [7, 11) is 0. The Hall–Kier alpha value is -1.29. The maximum atomic E-state index is 11.1. The van der Waals surface area contributed by atoms with E-state index in [1.54, 1.807) is 0 Å². The van der Waals surface area contributed by atoms with Crippen molar-refractivity contribution in [1.29, 1.82) is 0 Å². The number of rotatable bonds is 3. The highest BCUT2D eigenvalue weighted by atomic mass is 16.3. The number of amides is 1. The quantitative estimate of drug-likeness (QED) is 0.841. The lowest BCUT2D eigenvalue weighted by Gasteiger charge is -2.26. The van der Waals surface area contributed by atoms with Crippen LogP contribution in [0.5, 0.6) is 0 Å². The van der Waals surface area contributed by atoms with E-state index in [1.807, 2.05) is 13.8 Å². The average molecular weight is 236 g/mol. The maximum Gasteiger partial charge on any atom is 0.220 e. The van der Waals surface area contributed by atoms with E-state index in [4.69, 9.17) is 4.42 Å². The fourth-order valence-electron chi connectivity index (χ4n) is 2.40. The first-order valence-corrected chi connectivity index (χ1v) is 6.16. The zero-order valence-electron chi connectivity index (χ0n) is 10.7. The fourth-order valence-corrected chi connectivity index (χ4v) is 2.40. The third kappa shape index (κ3) is 2.88. The number of piperidine rings is 1. The normalized spacial score (nSPS) is 22.3. The van der Waals surface area contributed by atoms with E-state index >= 15 is 0 Å². The minimum absolute atomic E-state index is 0.158. The molecule has 1 amide bonds. The molecule has 94 valence electrons. The van der Waals surface area contributed by atoms with Crippen molar-refractivity contribution in [2.24, 2.45) is 0 Å². The summed E-state index contributed by atoms with van der Waals surface area (Å²) in [6.45, 7) is 6.81. The molecule has 0 aromatic carbocycles. The molecule has 2 rings (SSSR count). The van der Waals surface area contributed by atoms with Crippen LogP contribution in [0.2, 0.25) is 0 Å². The van der Waals surface area contributed by atoms with Crippen molar-refractivity contribution in [2.45, 2.75) is 45.7 Å². The molecule has 2 heterocycles. The van der Waals surface area contributed by atoms with E-state index in [0.717, 1.165) is 24.5 Å². The molecule has 1 aromatic heterocycles. The van der Waals surface area contributed by atoms with Crippen molar-refractivity contribution in [2.75, 3.05) is 6.54 Å². The molecule has 1 aliphatic rings. The van der Waals surface area contributed by atoms with Crippen molar-refractivity contribution in [1.82, 2.24) is 10.6 Å². The summed E-state index contributed by atoms with van der Waals surface area (Å²) in [5.41, 5.74) is 1.21. The van der Waals surface area contributed by atoms with E-state index in [0.29, 0.717) is 12.5 Å². The van der Waals surface area contributed by atoms with Crippen molar-refractivity contribution in [3.05, 3.63) is 23.2 Å². The zero-order chi connectivity index (χ0) is 12.4. The van der Waals surface area contributed by atoms with E-state index < -0.39 is 0 Å². The van der Waals surface area contributed by atoms with Gasteiger partial charge in [-0.2, -0.15) is 0 Å². The Bertz CT molecular complexity index is 402. The number of nitrogens with one attached hydrogen (secondary N) is 2. The first kappa shape index (κ1) is 12.2. The fraction of sp³-hybridized carbons (Fsp3) is 0.615. The van der Waals surface area contributed by atoms with E-state index in [1.165, 1.54) is 5.56 Å². The standard InChI is InChI=1S/C13H20N2O2/c1-8-6-12(10(3)17-8)9(2)15-11-4-5-13(16)14-7-11/h6,9,11,15H,4-5,7H2,1-3H3,(H,14,16). The zero-order valence-corrected chi connectivity index (χ0v) is 10.7. The Morgan fingerprint density at radius 2 is 2.29 bits per heavy atom. The van der Waals surface area contributed by atoms with Crippen LogP contribution in [0.25, 0.3) is 0 Å². The molecule has 1 saturated heterocycles. The van der Waals surface area contributed by atoms with Gasteiger partial charge in [-0.05, 0) is 33.3 Å². The number of carbonyl (C=O) groups excluding carboxylic acids is 1. The highest BCUT2D eigenvalue weighted by Crippen LogP contribution is 2.22. The van der Waals surface area contributed by atoms with Gasteiger partial charge in [0.1, 0.15) is 11.5 Å². The molecule has 1 aliphatic heterocycles. The van der Waals surface area contributed by atoms with Crippen molar-refractivity contribution in [3.8, 4) is 0 Å². The van der Waals surface area contributed by atoms with Crippen LogP contribution >= 0.6 is 0 Å². The lowest BCUT2D eigenvalue weighted by Crippen LogP contribution is -2.46. The minimum atomic E-state index is 0.158. The van der Waals surface area contributed by atoms with Crippen LogP contribution in [0.4, 0.5) is 0 Å². The maximum absolute atomic E-state index is 11.1. The van der Waals surface area contributed by atoms with Crippen molar-refractivity contribution in [3.63, 3.8) is 0 Å². The number of furan rings is 1. The van der Waals surface area contributed by atoms with E-state index in [2.05, 4.69) is 23.6 Å². The minimum Gasteiger partial charge on any atom is -0.466 e. The largest absolute Gasteiger partial charge is 0.466 e. The number of hydrogen-bond donors (Lipinski definition) is 2. The summed E-state index contributed by atoms with van der Waals surface area (Å²) >= 11 is 0. The second kappa shape index (κ2) is 4.92. The SMILES string of the molecule is Cc1cc(C(C)NC2CCC(=O)NC2)c(C)o1. The Morgan fingerprint density at radius 3 is 2.82 bits per heavy atom. The Labute approximate surface area is 102 Å². The molecule has 0 radical (unpaired) electrons. The van der Waals surface area contributed by atoms with Crippen LogP contribution in [0.3, 0.4) is 0 Å². The molecular formula is C13H20N2O2. The molecule has 17 heavy (non-hydrogen) atoms. The summed E-state index contributed by atoms with van der Waals surface area (Å²) in [4.78, 5) is 11.1. The predicted molar refractivity (Wildman–Crippen MR) is 65.8 cm³/mol. The van der Waals surface area contributed by atoms with Crippen molar-refractivity contribution < 1.29 is 9.21 Å². The third-order valence-electron chi connectivity index (χ3n) is 3.30. The first-order valence-electron chi connectivity index (χ1n) is 6.16. The summed E-state index contributed by atoms with van der Waals surface area (Å²) in [6.07, 6.45) is 1.53. The van der Waals surface area contributed by atoms with Gasteiger partial charge in [-0.15, -0.1) is 0 Å². The number of carbonyl (C=O) groups is 1. The van der Waals surface area contributed by atoms with E-state index in [9.17, 15) is 4.79 Å². The Kier molecular flexibility index (Phi) is 3.52. The topological polar surface area (TPSA) is 54.3 Å². The van der Waals surface area contributed by atoms with Gasteiger partial charge in [-0.25, -0.2) is 0 Å². The third-order valence-corrected chi connectivity index (χ3v) is 3.30. The van der Waals surface area contributed by atoms with Crippen LogP contribution in [-0.2, 0) is 4.79 Å². The molecule has 2 unspecified atom stereocenters. The van der Waals surface area contributed by atoms with Gasteiger partial charge in [0.05, 0.1) is 0 Å². The summed E-state index contributed by atoms with van der Waals surface area (Å²) < 4.78 is 5.53. The van der Waals surface area contributed by atoms with Crippen molar-refractivity contribution >= 4 is 5.91 Å². The molecule has 4 nitrogen and oxygen atoms in total. The van der Waals surface area contributed by atoms with Crippen LogP contribution in [0, 0.1) is 13.8 Å². The number of aryl methyl sites for hydroxylation is 2. The highest BCUT2D eigenvalue weighted by Gasteiger charge is 2.21. The molecule has 1 fully saturated rings. The highest BCUT2D eigenvalue weighted by molar-refractivity contribution is 5.76. The lowest BCUT2D eigenvalue weighted by atomic mass is 10.0. The molecule has 2 N–H and O–H groups in total. The van der Waals surface area contributed by atoms with Gasteiger partial charge >= 0.3 is 0 Å². The van der Waals surface area contributed by atoms with Gasteiger partial charge < -0.3 is 15.1 Å². The molecule has 2 atom stereocenters. The second-order valence-electron chi connectivity index (χ2n) is 4.80. The average Bonchev–Trinajstić information content (AvgIpc) is 2.61. The van der Waals surface area contributed by atoms with Gasteiger partial charge in [0.15, 0.2) is 0 Å². The van der Waals surface area contributed by atoms with Crippen LogP contribution in [-0.4, -0.2) is 18.5 Å². The summed E-state index contributed by atoms with van der Waals surface area (Å²) in [5.74, 6) is 2.08. The van der Waals surface area contributed by atoms with Gasteiger partial charge in [0.25, 0.3) is 0 Å². The predicted octanol–water partition coefficient (Wildman–Crippen LogP) is 1.83. The molecule has 0 saturated carbocycles. The van der Waals surface area contributed by atoms with Gasteiger partial charge in [-0.1, -0.05) is 0 Å². The smallest absolute Gasteiger partial charge is 0.220 e. The molecule has 0 bridgehead atoms. The molecule has 0 spiro atoms. The van der Waals surface area contributed by atoms with Gasteiger partial charge in [0.2, 0.25) is 5.91 Å². The molecular weight excluding hydrogens is 216 g/mol. The summed E-state index contributed by atoms with van der Waals surface area (Å²) in [6, 6.07) is 2.69.